The highest BCUT2D eigenvalue weighted by molar-refractivity contribution is 6.30. The summed E-state index contributed by atoms with van der Waals surface area (Å²) in [6.07, 6.45) is 1.05. The van der Waals surface area contributed by atoms with Crippen LogP contribution in [-0.2, 0) is 4.74 Å². The minimum Gasteiger partial charge on any atom is -0.380 e. The third kappa shape index (κ3) is 5.85. The predicted molar refractivity (Wildman–Crippen MR) is 78.1 cm³/mol. The summed E-state index contributed by atoms with van der Waals surface area (Å²) in [6, 6.07) is 8.40. The van der Waals surface area contributed by atoms with E-state index in [2.05, 4.69) is 32.2 Å². The molecular weight excluding hydrogens is 246 g/mol. The summed E-state index contributed by atoms with van der Waals surface area (Å²) in [5.41, 5.74) is 1.24. The van der Waals surface area contributed by atoms with E-state index in [9.17, 15) is 0 Å². The molecule has 18 heavy (non-hydrogen) atoms. The van der Waals surface area contributed by atoms with Gasteiger partial charge < -0.3 is 10.1 Å². The second kappa shape index (κ2) is 8.52. The molecule has 0 aliphatic heterocycles. The van der Waals surface area contributed by atoms with Gasteiger partial charge in [-0.05, 0) is 30.0 Å². The highest BCUT2D eigenvalue weighted by Gasteiger charge is 2.08. The summed E-state index contributed by atoms with van der Waals surface area (Å²) in [5.74, 6) is 0.597. The largest absolute Gasteiger partial charge is 0.380 e. The van der Waals surface area contributed by atoms with Crippen molar-refractivity contribution in [3.63, 3.8) is 0 Å². The molecule has 0 radical (unpaired) electrons. The number of rotatable bonds is 8. The number of hydrogen-bond acceptors (Lipinski definition) is 2. The average molecular weight is 270 g/mol. The number of benzene rings is 1. The van der Waals surface area contributed by atoms with Crippen LogP contribution in [0.1, 0.15) is 38.8 Å². The van der Waals surface area contributed by atoms with Gasteiger partial charge in [0.2, 0.25) is 0 Å². The molecule has 3 heteroatoms. The van der Waals surface area contributed by atoms with E-state index in [4.69, 9.17) is 16.3 Å². The van der Waals surface area contributed by atoms with Crippen LogP contribution in [0.4, 0.5) is 0 Å². The Morgan fingerprint density at radius 2 is 2.11 bits per heavy atom. The first-order valence-electron chi connectivity index (χ1n) is 6.70. The molecule has 0 fully saturated rings. The molecule has 1 aromatic carbocycles. The molecule has 0 spiro atoms. The maximum Gasteiger partial charge on any atom is 0.0591 e. The van der Waals surface area contributed by atoms with Crippen LogP contribution in [-0.4, -0.2) is 19.8 Å². The molecule has 1 N–H and O–H groups in total. The summed E-state index contributed by atoms with van der Waals surface area (Å²) in [6.45, 7) is 8.96. The Bertz CT molecular complexity index is 341. The minimum absolute atomic E-state index is 0.353. The van der Waals surface area contributed by atoms with Crippen molar-refractivity contribution in [2.24, 2.45) is 5.92 Å². The second-order valence-electron chi connectivity index (χ2n) is 4.94. The quantitative estimate of drug-likeness (QED) is 0.719. The predicted octanol–water partition coefficient (Wildman–Crippen LogP) is 4.05. The third-order valence-electron chi connectivity index (χ3n) is 2.75. The Labute approximate surface area is 116 Å². The summed E-state index contributed by atoms with van der Waals surface area (Å²) in [7, 11) is 0. The van der Waals surface area contributed by atoms with Gasteiger partial charge in [0, 0.05) is 24.2 Å². The zero-order valence-corrected chi connectivity index (χ0v) is 12.3. The maximum atomic E-state index is 6.01. The Hall–Kier alpha value is -0.570. The zero-order chi connectivity index (χ0) is 13.4. The SMILES string of the molecule is CCC(NCCOCC(C)C)c1cccc(Cl)c1. The Balaban J connectivity index is 2.34. The lowest BCUT2D eigenvalue weighted by molar-refractivity contribution is 0.110. The smallest absolute Gasteiger partial charge is 0.0591 e. The van der Waals surface area contributed by atoms with Crippen LogP contribution in [0.5, 0.6) is 0 Å². The summed E-state index contributed by atoms with van der Waals surface area (Å²) >= 11 is 6.01. The molecule has 0 aromatic heterocycles. The molecule has 1 unspecified atom stereocenters. The summed E-state index contributed by atoms with van der Waals surface area (Å²) in [5, 5.41) is 4.30. The van der Waals surface area contributed by atoms with Crippen molar-refractivity contribution in [3.8, 4) is 0 Å². The molecule has 0 saturated heterocycles. The van der Waals surface area contributed by atoms with Gasteiger partial charge in [0.1, 0.15) is 0 Å². The molecular formula is C15H24ClNO. The molecule has 0 aliphatic rings. The van der Waals surface area contributed by atoms with E-state index in [0.717, 1.165) is 31.2 Å². The van der Waals surface area contributed by atoms with Gasteiger partial charge in [-0.1, -0.05) is 44.5 Å². The lowest BCUT2D eigenvalue weighted by Crippen LogP contribution is -2.25. The van der Waals surface area contributed by atoms with Crippen LogP contribution in [0.3, 0.4) is 0 Å². The fourth-order valence-electron chi connectivity index (χ4n) is 1.85. The normalized spacial score (nSPS) is 12.9. The van der Waals surface area contributed by atoms with Gasteiger partial charge >= 0.3 is 0 Å². The van der Waals surface area contributed by atoms with Gasteiger partial charge in [-0.15, -0.1) is 0 Å². The van der Waals surface area contributed by atoms with Crippen molar-refractivity contribution in [1.29, 1.82) is 0 Å². The van der Waals surface area contributed by atoms with E-state index in [1.165, 1.54) is 5.56 Å². The van der Waals surface area contributed by atoms with Gasteiger partial charge in [0.15, 0.2) is 0 Å². The molecule has 0 aliphatic carbocycles. The van der Waals surface area contributed by atoms with Crippen LogP contribution < -0.4 is 5.32 Å². The Kier molecular flexibility index (Phi) is 7.33. The van der Waals surface area contributed by atoms with Gasteiger partial charge in [-0.2, -0.15) is 0 Å². The van der Waals surface area contributed by atoms with Crippen molar-refractivity contribution < 1.29 is 4.74 Å². The van der Waals surface area contributed by atoms with Crippen molar-refractivity contribution >= 4 is 11.6 Å². The molecule has 0 heterocycles. The Morgan fingerprint density at radius 3 is 2.72 bits per heavy atom. The zero-order valence-electron chi connectivity index (χ0n) is 11.6. The fraction of sp³-hybridized carbons (Fsp3) is 0.600. The molecule has 1 atom stereocenters. The first-order chi connectivity index (χ1) is 8.63. The third-order valence-corrected chi connectivity index (χ3v) is 2.98. The first kappa shape index (κ1) is 15.5. The number of hydrogen-bond donors (Lipinski definition) is 1. The van der Waals surface area contributed by atoms with E-state index in [-0.39, 0.29) is 0 Å². The maximum absolute atomic E-state index is 6.01. The van der Waals surface area contributed by atoms with Crippen molar-refractivity contribution in [2.75, 3.05) is 19.8 Å². The molecule has 0 saturated carbocycles. The van der Waals surface area contributed by atoms with E-state index in [0.29, 0.717) is 12.0 Å². The number of nitrogens with one attached hydrogen (secondary N) is 1. The van der Waals surface area contributed by atoms with Crippen molar-refractivity contribution in [2.45, 2.75) is 33.2 Å². The van der Waals surface area contributed by atoms with E-state index in [1.54, 1.807) is 0 Å². The van der Waals surface area contributed by atoms with E-state index < -0.39 is 0 Å². The van der Waals surface area contributed by atoms with Crippen molar-refractivity contribution in [3.05, 3.63) is 34.9 Å². The molecule has 102 valence electrons. The summed E-state index contributed by atoms with van der Waals surface area (Å²) < 4.78 is 5.56. The van der Waals surface area contributed by atoms with Gasteiger partial charge in [-0.25, -0.2) is 0 Å². The monoisotopic (exact) mass is 269 g/mol. The molecule has 0 bridgehead atoms. The van der Waals surface area contributed by atoms with E-state index >= 15 is 0 Å². The lowest BCUT2D eigenvalue weighted by Gasteiger charge is -2.18. The second-order valence-corrected chi connectivity index (χ2v) is 5.38. The fourth-order valence-corrected chi connectivity index (χ4v) is 2.04. The number of ether oxygens (including phenoxy) is 1. The van der Waals surface area contributed by atoms with Crippen LogP contribution >= 0.6 is 11.6 Å². The van der Waals surface area contributed by atoms with Crippen LogP contribution in [0.2, 0.25) is 5.02 Å². The standard InChI is InChI=1S/C15H24ClNO/c1-4-15(13-6-5-7-14(16)10-13)17-8-9-18-11-12(2)3/h5-7,10,12,15,17H,4,8-9,11H2,1-3H3. The van der Waals surface area contributed by atoms with Crippen molar-refractivity contribution in [1.82, 2.24) is 5.32 Å². The van der Waals surface area contributed by atoms with Gasteiger partial charge in [0.25, 0.3) is 0 Å². The summed E-state index contributed by atoms with van der Waals surface area (Å²) in [4.78, 5) is 0. The van der Waals surface area contributed by atoms with Crippen LogP contribution in [0, 0.1) is 5.92 Å². The highest BCUT2D eigenvalue weighted by Crippen LogP contribution is 2.19. The first-order valence-corrected chi connectivity index (χ1v) is 7.07. The Morgan fingerprint density at radius 1 is 1.33 bits per heavy atom. The topological polar surface area (TPSA) is 21.3 Å². The minimum atomic E-state index is 0.353. The molecule has 1 rings (SSSR count). The van der Waals surface area contributed by atoms with Crippen LogP contribution in [0.15, 0.2) is 24.3 Å². The number of halogens is 1. The molecule has 2 nitrogen and oxygen atoms in total. The van der Waals surface area contributed by atoms with E-state index in [1.807, 2.05) is 18.2 Å². The highest BCUT2D eigenvalue weighted by atomic mass is 35.5. The van der Waals surface area contributed by atoms with Gasteiger partial charge in [0.05, 0.1) is 6.61 Å². The average Bonchev–Trinajstić information content (AvgIpc) is 2.33. The lowest BCUT2D eigenvalue weighted by atomic mass is 10.0. The molecule has 1 aromatic rings. The molecule has 0 amide bonds. The van der Waals surface area contributed by atoms with Crippen LogP contribution in [0.25, 0.3) is 0 Å². The van der Waals surface area contributed by atoms with Gasteiger partial charge in [-0.3, -0.25) is 0 Å².